The molecule has 2 unspecified atom stereocenters. The van der Waals surface area contributed by atoms with E-state index in [1.54, 1.807) is 0 Å². The van der Waals surface area contributed by atoms with Gasteiger partial charge in [0.15, 0.2) is 9.84 Å². The largest absolute Gasteiger partial charge is 0.381 e. The van der Waals surface area contributed by atoms with Crippen LogP contribution in [0.3, 0.4) is 0 Å². The van der Waals surface area contributed by atoms with Crippen molar-refractivity contribution in [3.8, 4) is 0 Å². The second kappa shape index (κ2) is 5.45. The van der Waals surface area contributed by atoms with E-state index in [2.05, 4.69) is 4.90 Å². The van der Waals surface area contributed by atoms with Crippen LogP contribution in [0.2, 0.25) is 0 Å². The third-order valence-electron chi connectivity index (χ3n) is 4.18. The van der Waals surface area contributed by atoms with Gasteiger partial charge in [0, 0.05) is 37.7 Å². The lowest BCUT2D eigenvalue weighted by molar-refractivity contribution is -0.0259. The molecule has 0 aliphatic carbocycles. The summed E-state index contributed by atoms with van der Waals surface area (Å²) < 4.78 is 28.7. The van der Waals surface area contributed by atoms with Gasteiger partial charge in [-0.15, -0.1) is 0 Å². The number of nitrogens with zero attached hydrogens (tertiary/aromatic N) is 1. The van der Waals surface area contributed by atoms with Crippen molar-refractivity contribution in [3.05, 3.63) is 0 Å². The van der Waals surface area contributed by atoms with Crippen molar-refractivity contribution in [2.45, 2.75) is 25.8 Å². The fourth-order valence-corrected chi connectivity index (χ4v) is 4.58. The maximum Gasteiger partial charge on any atom is 0.153 e. The van der Waals surface area contributed by atoms with E-state index in [1.165, 1.54) is 0 Å². The Morgan fingerprint density at radius 1 is 1.50 bits per heavy atom. The third kappa shape index (κ3) is 3.23. The molecule has 6 heteroatoms. The minimum atomic E-state index is -2.84. The zero-order valence-corrected chi connectivity index (χ0v) is 11.9. The Labute approximate surface area is 110 Å². The van der Waals surface area contributed by atoms with E-state index in [0.717, 1.165) is 26.0 Å². The predicted octanol–water partition coefficient (Wildman–Crippen LogP) is -0.139. The molecule has 5 nitrogen and oxygen atoms in total. The monoisotopic (exact) mass is 276 g/mol. The van der Waals surface area contributed by atoms with Gasteiger partial charge >= 0.3 is 0 Å². The molecule has 2 aliphatic heterocycles. The third-order valence-corrected chi connectivity index (χ3v) is 5.98. The SMILES string of the molecule is CC1CS(=O)(=O)CCN1CC1(CN)CCCOC1. The topological polar surface area (TPSA) is 72.6 Å². The van der Waals surface area contributed by atoms with Crippen molar-refractivity contribution in [1.82, 2.24) is 4.90 Å². The summed E-state index contributed by atoms with van der Waals surface area (Å²) >= 11 is 0. The predicted molar refractivity (Wildman–Crippen MR) is 71.2 cm³/mol. The summed E-state index contributed by atoms with van der Waals surface area (Å²) in [5.74, 6) is 0.549. The standard InChI is InChI=1S/C12H24N2O3S/c1-11-7-18(15,16)6-4-14(11)9-12(8-13)3-2-5-17-10-12/h11H,2-10,13H2,1H3. The Morgan fingerprint density at radius 3 is 2.83 bits per heavy atom. The van der Waals surface area contributed by atoms with E-state index < -0.39 is 9.84 Å². The van der Waals surface area contributed by atoms with Gasteiger partial charge in [0.2, 0.25) is 0 Å². The van der Waals surface area contributed by atoms with Crippen LogP contribution in [0.15, 0.2) is 0 Å². The van der Waals surface area contributed by atoms with Gasteiger partial charge in [-0.3, -0.25) is 4.90 Å². The second-order valence-corrected chi connectivity index (χ2v) is 8.02. The van der Waals surface area contributed by atoms with Crippen molar-refractivity contribution >= 4 is 9.84 Å². The summed E-state index contributed by atoms with van der Waals surface area (Å²) in [6.07, 6.45) is 2.14. The first-order valence-electron chi connectivity index (χ1n) is 6.69. The molecule has 0 saturated carbocycles. The molecule has 0 aromatic carbocycles. The van der Waals surface area contributed by atoms with Crippen LogP contribution in [0.5, 0.6) is 0 Å². The minimum absolute atomic E-state index is 0.0214. The van der Waals surface area contributed by atoms with Gasteiger partial charge in [-0.2, -0.15) is 0 Å². The van der Waals surface area contributed by atoms with E-state index in [9.17, 15) is 8.42 Å². The van der Waals surface area contributed by atoms with Crippen LogP contribution in [0.25, 0.3) is 0 Å². The Hall–Kier alpha value is -0.170. The lowest BCUT2D eigenvalue weighted by atomic mass is 9.81. The van der Waals surface area contributed by atoms with Gasteiger partial charge in [-0.1, -0.05) is 0 Å². The lowest BCUT2D eigenvalue weighted by Crippen LogP contribution is -2.54. The number of hydrogen-bond donors (Lipinski definition) is 1. The maximum atomic E-state index is 11.6. The molecule has 2 saturated heterocycles. The van der Waals surface area contributed by atoms with E-state index >= 15 is 0 Å². The molecule has 0 bridgehead atoms. The Morgan fingerprint density at radius 2 is 2.28 bits per heavy atom. The van der Waals surface area contributed by atoms with Gasteiger partial charge in [0.25, 0.3) is 0 Å². The molecule has 2 rings (SSSR count). The van der Waals surface area contributed by atoms with Crippen LogP contribution >= 0.6 is 0 Å². The first kappa shape index (κ1) is 14.2. The summed E-state index contributed by atoms with van der Waals surface area (Å²) in [5, 5.41) is 0. The number of sulfone groups is 1. The number of hydrogen-bond acceptors (Lipinski definition) is 5. The van der Waals surface area contributed by atoms with E-state index in [1.807, 2.05) is 6.92 Å². The van der Waals surface area contributed by atoms with Gasteiger partial charge in [0.1, 0.15) is 0 Å². The summed E-state index contributed by atoms with van der Waals surface area (Å²) in [6.45, 7) is 5.63. The quantitative estimate of drug-likeness (QED) is 0.777. The lowest BCUT2D eigenvalue weighted by Gasteiger charge is -2.43. The Balaban J connectivity index is 2.00. The highest BCUT2D eigenvalue weighted by Crippen LogP contribution is 2.30. The fourth-order valence-electron chi connectivity index (χ4n) is 2.96. The molecule has 0 aromatic heterocycles. The molecule has 0 aromatic rings. The summed E-state index contributed by atoms with van der Waals surface area (Å²) in [7, 11) is -2.84. The number of rotatable bonds is 3. The molecule has 2 fully saturated rings. The van der Waals surface area contributed by atoms with Gasteiger partial charge in [-0.05, 0) is 19.8 Å². The van der Waals surface area contributed by atoms with Gasteiger partial charge < -0.3 is 10.5 Å². The maximum absolute atomic E-state index is 11.6. The molecular weight excluding hydrogens is 252 g/mol. The van der Waals surface area contributed by atoms with Crippen LogP contribution in [0, 0.1) is 5.41 Å². The summed E-state index contributed by atoms with van der Waals surface area (Å²) in [5.41, 5.74) is 5.95. The Kier molecular flexibility index (Phi) is 4.31. The first-order chi connectivity index (χ1) is 8.46. The van der Waals surface area contributed by atoms with Crippen molar-refractivity contribution in [2.75, 3.05) is 44.4 Å². The number of nitrogens with two attached hydrogens (primary N) is 1. The van der Waals surface area contributed by atoms with Crippen molar-refractivity contribution < 1.29 is 13.2 Å². The molecule has 106 valence electrons. The van der Waals surface area contributed by atoms with Gasteiger partial charge in [-0.25, -0.2) is 8.42 Å². The van der Waals surface area contributed by atoms with E-state index in [4.69, 9.17) is 10.5 Å². The molecule has 0 radical (unpaired) electrons. The minimum Gasteiger partial charge on any atom is -0.381 e. The van der Waals surface area contributed by atoms with Crippen LogP contribution in [-0.4, -0.2) is 63.7 Å². The number of ether oxygens (including phenoxy) is 1. The normalized spacial score (nSPS) is 37.6. The van der Waals surface area contributed by atoms with Gasteiger partial charge in [0.05, 0.1) is 18.1 Å². The Bertz CT molecular complexity index is 377. The van der Waals surface area contributed by atoms with Crippen molar-refractivity contribution in [1.29, 1.82) is 0 Å². The van der Waals surface area contributed by atoms with E-state index in [-0.39, 0.29) is 23.0 Å². The average Bonchev–Trinajstić information content (AvgIpc) is 2.34. The molecule has 2 atom stereocenters. The molecule has 0 amide bonds. The van der Waals surface area contributed by atoms with Crippen LogP contribution in [-0.2, 0) is 14.6 Å². The van der Waals surface area contributed by atoms with Crippen molar-refractivity contribution in [2.24, 2.45) is 11.1 Å². The zero-order valence-electron chi connectivity index (χ0n) is 11.1. The molecule has 2 N–H and O–H groups in total. The fraction of sp³-hybridized carbons (Fsp3) is 1.00. The summed E-state index contributed by atoms with van der Waals surface area (Å²) in [4.78, 5) is 2.27. The van der Waals surface area contributed by atoms with Crippen molar-refractivity contribution in [3.63, 3.8) is 0 Å². The molecule has 18 heavy (non-hydrogen) atoms. The smallest absolute Gasteiger partial charge is 0.153 e. The van der Waals surface area contributed by atoms with Crippen LogP contribution in [0.4, 0.5) is 0 Å². The molecule has 2 aliphatic rings. The zero-order chi connectivity index (χ0) is 13.2. The highest BCUT2D eigenvalue weighted by Gasteiger charge is 2.37. The molecule has 0 spiro atoms. The van der Waals surface area contributed by atoms with Crippen LogP contribution < -0.4 is 5.73 Å². The van der Waals surface area contributed by atoms with E-state index in [0.29, 0.717) is 19.7 Å². The average molecular weight is 276 g/mol. The molecular formula is C12H24N2O3S. The molecule has 2 heterocycles. The second-order valence-electron chi connectivity index (χ2n) is 5.79. The highest BCUT2D eigenvalue weighted by molar-refractivity contribution is 7.91. The first-order valence-corrected chi connectivity index (χ1v) is 8.51. The summed E-state index contributed by atoms with van der Waals surface area (Å²) in [6, 6.07) is 0.0918. The van der Waals surface area contributed by atoms with Crippen LogP contribution in [0.1, 0.15) is 19.8 Å². The highest BCUT2D eigenvalue weighted by atomic mass is 32.2.